The standard InChI is InChI=1S/C40H48N2O4/c1-37(2)21-27(22-38(3,4)41-37)45-35(43)26-17-16-25-12-11-15-31(34(25)20-26)32-18-19-33(30-14-10-9-13-29(30)32)36(44)46-28-23-39(5,6)42-40(7,8)24-28/h9-20,27-28,41-42H,21-24H2,1-8H3. The van der Waals surface area contributed by atoms with E-state index in [1.54, 1.807) is 0 Å². The molecule has 4 aromatic carbocycles. The van der Waals surface area contributed by atoms with Crippen LogP contribution in [0.3, 0.4) is 0 Å². The van der Waals surface area contributed by atoms with Crippen LogP contribution in [0.1, 0.15) is 102 Å². The summed E-state index contributed by atoms with van der Waals surface area (Å²) in [5.41, 5.74) is 2.59. The van der Waals surface area contributed by atoms with E-state index < -0.39 is 0 Å². The molecule has 2 saturated heterocycles. The van der Waals surface area contributed by atoms with Gasteiger partial charge in [0.2, 0.25) is 0 Å². The quantitative estimate of drug-likeness (QED) is 0.218. The number of nitrogens with one attached hydrogen (secondary N) is 2. The Labute approximate surface area is 273 Å². The van der Waals surface area contributed by atoms with Gasteiger partial charge in [0.05, 0.1) is 11.1 Å². The van der Waals surface area contributed by atoms with Gasteiger partial charge in [0.25, 0.3) is 0 Å². The number of esters is 2. The van der Waals surface area contributed by atoms with Gasteiger partial charge >= 0.3 is 11.9 Å². The lowest BCUT2D eigenvalue weighted by molar-refractivity contribution is -0.00756. The highest BCUT2D eigenvalue weighted by atomic mass is 16.5. The molecule has 2 N–H and O–H groups in total. The molecule has 4 aromatic rings. The van der Waals surface area contributed by atoms with E-state index in [4.69, 9.17) is 9.47 Å². The van der Waals surface area contributed by atoms with Gasteiger partial charge in [0, 0.05) is 47.8 Å². The molecule has 2 aliphatic heterocycles. The Morgan fingerprint density at radius 3 is 1.67 bits per heavy atom. The average molecular weight is 621 g/mol. The van der Waals surface area contributed by atoms with Crippen molar-refractivity contribution in [2.45, 2.75) is 115 Å². The van der Waals surface area contributed by atoms with Gasteiger partial charge in [-0.3, -0.25) is 0 Å². The largest absolute Gasteiger partial charge is 0.459 e. The Morgan fingerprint density at radius 2 is 1.09 bits per heavy atom. The van der Waals surface area contributed by atoms with Gasteiger partial charge in [0.15, 0.2) is 0 Å². The second-order valence-corrected chi connectivity index (χ2v) is 16.1. The molecule has 0 aliphatic carbocycles. The van der Waals surface area contributed by atoms with E-state index in [0.29, 0.717) is 11.1 Å². The summed E-state index contributed by atoms with van der Waals surface area (Å²) in [7, 11) is 0. The molecule has 0 aromatic heterocycles. The first-order chi connectivity index (χ1) is 21.5. The first-order valence-electron chi connectivity index (χ1n) is 16.6. The van der Waals surface area contributed by atoms with Crippen LogP contribution in [0.2, 0.25) is 0 Å². The molecule has 0 amide bonds. The molecule has 2 aliphatic rings. The SMILES string of the molecule is CC1(C)CC(OC(=O)c2ccc3cccc(-c4ccc(C(=O)OC5CC(C)(C)NC(C)(C)C5)c5ccccc45)c3c2)CC(C)(C)N1. The van der Waals surface area contributed by atoms with Gasteiger partial charge < -0.3 is 20.1 Å². The molecule has 0 bridgehead atoms. The smallest absolute Gasteiger partial charge is 0.339 e. The van der Waals surface area contributed by atoms with Gasteiger partial charge in [-0.15, -0.1) is 0 Å². The molecule has 0 atom stereocenters. The normalized spacial score (nSPS) is 20.8. The van der Waals surface area contributed by atoms with Crippen LogP contribution in [-0.2, 0) is 9.47 Å². The first kappa shape index (κ1) is 32.2. The molecular formula is C40H48N2O4. The number of rotatable bonds is 5. The molecule has 46 heavy (non-hydrogen) atoms. The van der Waals surface area contributed by atoms with Crippen molar-refractivity contribution in [2.75, 3.05) is 0 Å². The number of hydrogen-bond acceptors (Lipinski definition) is 6. The third kappa shape index (κ3) is 6.84. The van der Waals surface area contributed by atoms with Crippen molar-refractivity contribution < 1.29 is 19.1 Å². The number of benzene rings is 4. The molecule has 2 fully saturated rings. The summed E-state index contributed by atoms with van der Waals surface area (Å²) in [6.45, 7) is 17.2. The van der Waals surface area contributed by atoms with Crippen LogP contribution in [0, 0.1) is 0 Å². The van der Waals surface area contributed by atoms with Crippen LogP contribution in [-0.4, -0.2) is 46.3 Å². The molecule has 0 spiro atoms. The second-order valence-electron chi connectivity index (χ2n) is 16.1. The lowest BCUT2D eigenvalue weighted by Crippen LogP contribution is -2.59. The van der Waals surface area contributed by atoms with Crippen LogP contribution >= 0.6 is 0 Å². The second kappa shape index (κ2) is 11.5. The zero-order valence-electron chi connectivity index (χ0n) is 28.5. The fraction of sp³-hybridized carbons (Fsp3) is 0.450. The minimum Gasteiger partial charge on any atom is -0.459 e. The maximum Gasteiger partial charge on any atom is 0.339 e. The number of fused-ring (bicyclic) bond motifs is 2. The summed E-state index contributed by atoms with van der Waals surface area (Å²) in [6, 6.07) is 23.8. The Morgan fingerprint density at radius 1 is 0.565 bits per heavy atom. The molecular weight excluding hydrogens is 572 g/mol. The molecule has 6 nitrogen and oxygen atoms in total. The van der Waals surface area contributed by atoms with Crippen LogP contribution in [0.4, 0.5) is 0 Å². The van der Waals surface area contributed by atoms with Crippen molar-refractivity contribution in [1.29, 1.82) is 0 Å². The van der Waals surface area contributed by atoms with E-state index in [1.165, 1.54) is 0 Å². The average Bonchev–Trinajstić information content (AvgIpc) is 2.92. The summed E-state index contributed by atoms with van der Waals surface area (Å²) in [5.74, 6) is -0.601. The molecule has 6 heteroatoms. The van der Waals surface area contributed by atoms with Crippen molar-refractivity contribution in [1.82, 2.24) is 10.6 Å². The zero-order chi connectivity index (χ0) is 33.1. The number of piperidine rings is 2. The maximum absolute atomic E-state index is 13.7. The minimum atomic E-state index is -0.303. The van der Waals surface area contributed by atoms with E-state index in [-0.39, 0.29) is 46.3 Å². The lowest BCUT2D eigenvalue weighted by atomic mass is 9.81. The van der Waals surface area contributed by atoms with Gasteiger partial charge in [-0.25, -0.2) is 9.59 Å². The highest BCUT2D eigenvalue weighted by Crippen LogP contribution is 2.38. The zero-order valence-corrected chi connectivity index (χ0v) is 28.5. The summed E-state index contributed by atoms with van der Waals surface area (Å²) < 4.78 is 12.3. The van der Waals surface area contributed by atoms with Crippen molar-refractivity contribution in [3.63, 3.8) is 0 Å². The van der Waals surface area contributed by atoms with E-state index >= 15 is 0 Å². The third-order valence-corrected chi connectivity index (χ3v) is 9.40. The molecule has 242 valence electrons. The van der Waals surface area contributed by atoms with E-state index in [2.05, 4.69) is 84.2 Å². The summed E-state index contributed by atoms with van der Waals surface area (Å²) >= 11 is 0. The Hall–Kier alpha value is -3.74. The van der Waals surface area contributed by atoms with Gasteiger partial charge in [-0.2, -0.15) is 0 Å². The topological polar surface area (TPSA) is 76.7 Å². The van der Waals surface area contributed by atoms with Gasteiger partial charge in [0.1, 0.15) is 12.2 Å². The monoisotopic (exact) mass is 620 g/mol. The number of ether oxygens (including phenoxy) is 2. The predicted molar refractivity (Wildman–Crippen MR) is 186 cm³/mol. The number of hydrogen-bond donors (Lipinski definition) is 2. The molecule has 0 radical (unpaired) electrons. The van der Waals surface area contributed by atoms with Crippen LogP contribution in [0.25, 0.3) is 32.7 Å². The Bertz CT molecular complexity index is 1780. The van der Waals surface area contributed by atoms with Crippen LogP contribution in [0.15, 0.2) is 72.8 Å². The van der Waals surface area contributed by atoms with Crippen molar-refractivity contribution in [3.8, 4) is 11.1 Å². The lowest BCUT2D eigenvalue weighted by Gasteiger charge is -2.45. The highest BCUT2D eigenvalue weighted by molar-refractivity contribution is 6.12. The van der Waals surface area contributed by atoms with Crippen molar-refractivity contribution in [3.05, 3.63) is 83.9 Å². The van der Waals surface area contributed by atoms with Crippen LogP contribution in [0.5, 0.6) is 0 Å². The Balaban J connectivity index is 1.32. The Kier molecular flexibility index (Phi) is 8.05. The molecule has 0 unspecified atom stereocenters. The fourth-order valence-corrected chi connectivity index (χ4v) is 8.40. The van der Waals surface area contributed by atoms with E-state index in [1.807, 2.05) is 54.6 Å². The summed E-state index contributed by atoms with van der Waals surface area (Å²) in [6.07, 6.45) is 2.70. The highest BCUT2D eigenvalue weighted by Gasteiger charge is 2.40. The number of carbonyl (C=O) groups excluding carboxylic acids is 2. The molecule has 6 rings (SSSR count). The molecule has 2 heterocycles. The predicted octanol–water partition coefficient (Wildman–Crippen LogP) is 8.59. The third-order valence-electron chi connectivity index (χ3n) is 9.40. The van der Waals surface area contributed by atoms with Crippen molar-refractivity contribution in [2.24, 2.45) is 0 Å². The fourth-order valence-electron chi connectivity index (χ4n) is 8.40. The molecule has 0 saturated carbocycles. The number of carbonyl (C=O) groups is 2. The van der Waals surface area contributed by atoms with Gasteiger partial charge in [-0.05, 0) is 106 Å². The first-order valence-corrected chi connectivity index (χ1v) is 16.6. The van der Waals surface area contributed by atoms with Crippen LogP contribution < -0.4 is 10.6 Å². The van der Waals surface area contributed by atoms with E-state index in [0.717, 1.165) is 58.4 Å². The van der Waals surface area contributed by atoms with Gasteiger partial charge in [-0.1, -0.05) is 54.6 Å². The minimum absolute atomic E-state index is 0.121. The van der Waals surface area contributed by atoms with E-state index in [9.17, 15) is 9.59 Å². The summed E-state index contributed by atoms with van der Waals surface area (Å²) in [5, 5.41) is 11.1. The van der Waals surface area contributed by atoms with Crippen molar-refractivity contribution >= 4 is 33.5 Å². The summed E-state index contributed by atoms with van der Waals surface area (Å²) in [4.78, 5) is 27.2. The maximum atomic E-state index is 13.7.